The Morgan fingerprint density at radius 3 is 2.71 bits per heavy atom. The molecule has 4 N–H and O–H groups in total. The Hall–Kier alpha value is -2.04. The number of guanidine groups is 1. The molecule has 92 valence electrons. The summed E-state index contributed by atoms with van der Waals surface area (Å²) < 4.78 is 0. The van der Waals surface area contributed by atoms with Gasteiger partial charge in [-0.05, 0) is 18.6 Å². The van der Waals surface area contributed by atoms with Gasteiger partial charge in [-0.15, -0.1) is 0 Å². The number of amides is 1. The van der Waals surface area contributed by atoms with Crippen molar-refractivity contribution in [3.8, 4) is 0 Å². The van der Waals surface area contributed by atoms with Crippen LogP contribution in [0, 0.1) is 0 Å². The summed E-state index contributed by atoms with van der Waals surface area (Å²) in [5.74, 6) is 0.118. The number of aliphatic imine (C=N–C) groups is 1. The molecule has 17 heavy (non-hydrogen) atoms. The van der Waals surface area contributed by atoms with Crippen LogP contribution in [0.25, 0.3) is 0 Å². The van der Waals surface area contributed by atoms with E-state index in [4.69, 9.17) is 5.73 Å². The number of anilines is 1. The number of carbonyl (C=O) groups is 1. The molecular formula is C12H18N4O. The molecule has 0 radical (unpaired) electrons. The first-order valence-electron chi connectivity index (χ1n) is 5.61. The fraction of sp³-hybridized carbons (Fsp3) is 0.333. The highest BCUT2D eigenvalue weighted by Gasteiger charge is 1.99. The molecule has 0 saturated carbocycles. The van der Waals surface area contributed by atoms with Crippen LogP contribution in [0.15, 0.2) is 35.3 Å². The quantitative estimate of drug-likeness (QED) is 0.524. The van der Waals surface area contributed by atoms with Crippen molar-refractivity contribution in [2.45, 2.75) is 13.3 Å². The molecule has 0 fully saturated rings. The van der Waals surface area contributed by atoms with Crippen molar-refractivity contribution in [1.29, 1.82) is 0 Å². The zero-order valence-electron chi connectivity index (χ0n) is 9.94. The molecular weight excluding hydrogens is 216 g/mol. The first kappa shape index (κ1) is 13.0. The highest BCUT2D eigenvalue weighted by Crippen LogP contribution is 2.03. The number of hydrogen-bond donors (Lipinski definition) is 3. The minimum absolute atomic E-state index is 0.0473. The molecule has 0 heterocycles. The molecule has 1 rings (SSSR count). The van der Waals surface area contributed by atoms with Gasteiger partial charge in [0, 0.05) is 12.2 Å². The van der Waals surface area contributed by atoms with Gasteiger partial charge in [-0.1, -0.05) is 25.1 Å². The molecule has 1 aromatic carbocycles. The molecule has 5 nitrogen and oxygen atoms in total. The van der Waals surface area contributed by atoms with E-state index in [0.29, 0.717) is 6.54 Å². The third-order valence-electron chi connectivity index (χ3n) is 2.01. The maximum Gasteiger partial charge on any atom is 0.241 e. The smallest absolute Gasteiger partial charge is 0.241 e. The van der Waals surface area contributed by atoms with Crippen LogP contribution in [0.1, 0.15) is 13.3 Å². The Labute approximate surface area is 101 Å². The lowest BCUT2D eigenvalue weighted by molar-refractivity contribution is -0.119. The normalized spacial score (nSPS) is 11.0. The third kappa shape index (κ3) is 5.55. The van der Waals surface area contributed by atoms with E-state index in [1.807, 2.05) is 37.3 Å². The zero-order chi connectivity index (χ0) is 12.5. The van der Waals surface area contributed by atoms with Crippen LogP contribution in [0.5, 0.6) is 0 Å². The highest BCUT2D eigenvalue weighted by molar-refractivity contribution is 5.93. The SMILES string of the molecule is CCCNC(=O)CN=C(N)Nc1ccccc1. The van der Waals surface area contributed by atoms with Crippen molar-refractivity contribution < 1.29 is 4.79 Å². The second-order valence-electron chi connectivity index (χ2n) is 3.54. The first-order chi connectivity index (χ1) is 8.22. The van der Waals surface area contributed by atoms with Gasteiger partial charge in [0.25, 0.3) is 0 Å². The Kier molecular flexibility index (Phi) is 5.57. The minimum atomic E-state index is -0.121. The lowest BCUT2D eigenvalue weighted by Gasteiger charge is -2.05. The second-order valence-corrected chi connectivity index (χ2v) is 3.54. The molecule has 0 aromatic heterocycles. The van der Waals surface area contributed by atoms with Crippen molar-refractivity contribution in [2.24, 2.45) is 10.7 Å². The maximum absolute atomic E-state index is 11.3. The van der Waals surface area contributed by atoms with Gasteiger partial charge < -0.3 is 16.4 Å². The third-order valence-corrected chi connectivity index (χ3v) is 2.01. The summed E-state index contributed by atoms with van der Waals surface area (Å²) in [4.78, 5) is 15.2. The zero-order valence-corrected chi connectivity index (χ0v) is 9.94. The van der Waals surface area contributed by atoms with Gasteiger partial charge in [-0.2, -0.15) is 0 Å². The summed E-state index contributed by atoms with van der Waals surface area (Å²) in [6.45, 7) is 2.71. The minimum Gasteiger partial charge on any atom is -0.370 e. The van der Waals surface area contributed by atoms with Gasteiger partial charge in [-0.25, -0.2) is 4.99 Å². The number of benzene rings is 1. The van der Waals surface area contributed by atoms with Crippen LogP contribution < -0.4 is 16.4 Å². The molecule has 0 unspecified atom stereocenters. The van der Waals surface area contributed by atoms with E-state index in [1.54, 1.807) is 0 Å². The van der Waals surface area contributed by atoms with Gasteiger partial charge in [0.1, 0.15) is 6.54 Å². The van der Waals surface area contributed by atoms with Gasteiger partial charge >= 0.3 is 0 Å². The van der Waals surface area contributed by atoms with Crippen molar-refractivity contribution in [3.63, 3.8) is 0 Å². The Bertz CT molecular complexity index is 375. The molecule has 0 atom stereocenters. The second kappa shape index (κ2) is 7.27. The lowest BCUT2D eigenvalue weighted by atomic mass is 10.3. The monoisotopic (exact) mass is 234 g/mol. The number of nitrogens with zero attached hydrogens (tertiary/aromatic N) is 1. The number of nitrogens with two attached hydrogens (primary N) is 1. The molecule has 0 bridgehead atoms. The molecule has 1 amide bonds. The van der Waals surface area contributed by atoms with Crippen LogP contribution in [0.2, 0.25) is 0 Å². The summed E-state index contributed by atoms with van der Waals surface area (Å²) in [6.07, 6.45) is 0.910. The number of rotatable bonds is 5. The summed E-state index contributed by atoms with van der Waals surface area (Å²) in [5, 5.41) is 5.62. The van der Waals surface area contributed by atoms with E-state index in [0.717, 1.165) is 12.1 Å². The number of carbonyl (C=O) groups excluding carboxylic acids is 1. The van der Waals surface area contributed by atoms with Crippen molar-refractivity contribution in [3.05, 3.63) is 30.3 Å². The van der Waals surface area contributed by atoms with Crippen LogP contribution >= 0.6 is 0 Å². The molecule has 0 aliphatic carbocycles. The summed E-state index contributed by atoms with van der Waals surface area (Å²) in [6, 6.07) is 9.45. The predicted molar refractivity (Wildman–Crippen MR) is 69.9 cm³/mol. The number of hydrogen-bond acceptors (Lipinski definition) is 2. The lowest BCUT2D eigenvalue weighted by Crippen LogP contribution is -2.29. The van der Waals surface area contributed by atoms with Gasteiger partial charge in [-0.3, -0.25) is 4.79 Å². The standard InChI is InChI=1S/C12H18N4O/c1-2-8-14-11(17)9-15-12(13)16-10-6-4-3-5-7-10/h3-7H,2,8-9H2,1H3,(H,14,17)(H3,13,15,16). The molecule has 5 heteroatoms. The van der Waals surface area contributed by atoms with E-state index in [9.17, 15) is 4.79 Å². The van der Waals surface area contributed by atoms with E-state index in [1.165, 1.54) is 0 Å². The first-order valence-corrected chi connectivity index (χ1v) is 5.61. The fourth-order valence-electron chi connectivity index (χ4n) is 1.19. The predicted octanol–water partition coefficient (Wildman–Crippen LogP) is 0.939. The fourth-order valence-corrected chi connectivity index (χ4v) is 1.19. The number of nitrogens with one attached hydrogen (secondary N) is 2. The maximum atomic E-state index is 11.3. The summed E-state index contributed by atoms with van der Waals surface area (Å²) >= 11 is 0. The van der Waals surface area contributed by atoms with Crippen LogP contribution in [0.4, 0.5) is 5.69 Å². The van der Waals surface area contributed by atoms with Crippen molar-refractivity contribution >= 4 is 17.6 Å². The number of para-hydroxylation sites is 1. The Morgan fingerprint density at radius 2 is 2.06 bits per heavy atom. The molecule has 0 aliphatic heterocycles. The van der Waals surface area contributed by atoms with E-state index < -0.39 is 0 Å². The molecule has 0 spiro atoms. The van der Waals surface area contributed by atoms with Crippen molar-refractivity contribution in [1.82, 2.24) is 5.32 Å². The van der Waals surface area contributed by atoms with Crippen LogP contribution in [-0.2, 0) is 4.79 Å². The van der Waals surface area contributed by atoms with Gasteiger partial charge in [0.05, 0.1) is 0 Å². The Morgan fingerprint density at radius 1 is 1.35 bits per heavy atom. The average Bonchev–Trinajstić information content (AvgIpc) is 2.35. The van der Waals surface area contributed by atoms with Gasteiger partial charge in [0.2, 0.25) is 5.91 Å². The van der Waals surface area contributed by atoms with Gasteiger partial charge in [0.15, 0.2) is 5.96 Å². The van der Waals surface area contributed by atoms with E-state index >= 15 is 0 Å². The average molecular weight is 234 g/mol. The summed E-state index contributed by atoms with van der Waals surface area (Å²) in [7, 11) is 0. The van der Waals surface area contributed by atoms with Crippen LogP contribution in [-0.4, -0.2) is 25.0 Å². The van der Waals surface area contributed by atoms with E-state index in [-0.39, 0.29) is 18.4 Å². The largest absolute Gasteiger partial charge is 0.370 e. The Balaban J connectivity index is 2.37. The summed E-state index contributed by atoms with van der Waals surface area (Å²) in [5.41, 5.74) is 6.49. The molecule has 1 aromatic rings. The molecule has 0 aliphatic rings. The van der Waals surface area contributed by atoms with Crippen LogP contribution in [0.3, 0.4) is 0 Å². The van der Waals surface area contributed by atoms with Crippen molar-refractivity contribution in [2.75, 3.05) is 18.4 Å². The topological polar surface area (TPSA) is 79.5 Å². The highest BCUT2D eigenvalue weighted by atomic mass is 16.1. The van der Waals surface area contributed by atoms with E-state index in [2.05, 4.69) is 15.6 Å². The molecule has 0 saturated heterocycles.